The lowest BCUT2D eigenvalue weighted by molar-refractivity contribution is -0.149. The Hall–Kier alpha value is -2.46. The minimum Gasteiger partial charge on any atom is -0.497 e. The molecule has 0 saturated carbocycles. The van der Waals surface area contributed by atoms with Gasteiger partial charge in [-0.3, -0.25) is 4.90 Å². The third kappa shape index (κ3) is 5.43. The van der Waals surface area contributed by atoms with Crippen molar-refractivity contribution in [2.75, 3.05) is 51.3 Å². The van der Waals surface area contributed by atoms with Crippen molar-refractivity contribution in [3.8, 4) is 11.5 Å². The number of piperidine rings is 2. The summed E-state index contributed by atoms with van der Waals surface area (Å²) >= 11 is 0. The molecule has 7 nitrogen and oxygen atoms in total. The Kier molecular flexibility index (Phi) is 7.28. The number of β-amino-alcohol motifs (C(OH)–C–C–N with tert-alkyl or cyclic N) is 2. The van der Waals surface area contributed by atoms with Gasteiger partial charge in [-0.25, -0.2) is 4.39 Å². The fourth-order valence-corrected chi connectivity index (χ4v) is 4.77. The Morgan fingerprint density at radius 2 is 1.74 bits per heavy atom. The van der Waals surface area contributed by atoms with Gasteiger partial charge >= 0.3 is 0 Å². The number of hydrogen-bond acceptors (Lipinski definition) is 7. The predicted molar refractivity (Wildman–Crippen MR) is 123 cm³/mol. The molecule has 3 N–H and O–H groups in total. The standard InChI is InChI=1S/C25H32F2N2O5/c1-33-19-7-5-18(6-8-19)29-13-10-24(31,11-14-29)15-28-12-9-22(30)25(32,16-28)17-34-21-4-2-3-20(26)23(21)27/h2-8,22,30-32H,9-17H2,1H3/t22-,25-/m0/s1. The van der Waals surface area contributed by atoms with E-state index in [4.69, 9.17) is 9.47 Å². The molecule has 0 aliphatic carbocycles. The topological polar surface area (TPSA) is 85.6 Å². The van der Waals surface area contributed by atoms with E-state index in [1.54, 1.807) is 7.11 Å². The van der Waals surface area contributed by atoms with E-state index in [0.29, 0.717) is 39.0 Å². The second-order valence-corrected chi connectivity index (χ2v) is 9.37. The Bertz CT molecular complexity index is 968. The molecule has 2 fully saturated rings. The Labute approximate surface area is 198 Å². The van der Waals surface area contributed by atoms with Gasteiger partial charge in [-0.1, -0.05) is 6.07 Å². The molecule has 0 spiro atoms. The van der Waals surface area contributed by atoms with Gasteiger partial charge in [-0.2, -0.15) is 4.39 Å². The molecule has 2 aliphatic heterocycles. The van der Waals surface area contributed by atoms with Crippen molar-refractivity contribution in [3.05, 3.63) is 54.1 Å². The van der Waals surface area contributed by atoms with Crippen LogP contribution in [0.4, 0.5) is 14.5 Å². The van der Waals surface area contributed by atoms with Gasteiger partial charge in [0.2, 0.25) is 5.82 Å². The van der Waals surface area contributed by atoms with Crippen molar-refractivity contribution < 1.29 is 33.6 Å². The highest BCUT2D eigenvalue weighted by molar-refractivity contribution is 5.49. The summed E-state index contributed by atoms with van der Waals surface area (Å²) in [6.07, 6.45) is 0.315. The number of hydrogen-bond donors (Lipinski definition) is 3. The first kappa shape index (κ1) is 24.7. The lowest BCUT2D eigenvalue weighted by Gasteiger charge is -2.46. The zero-order valence-corrected chi connectivity index (χ0v) is 19.3. The van der Waals surface area contributed by atoms with Crippen molar-refractivity contribution in [2.24, 2.45) is 0 Å². The number of nitrogens with zero attached hydrogens (tertiary/aromatic N) is 2. The first-order valence-corrected chi connectivity index (χ1v) is 11.5. The first-order valence-electron chi connectivity index (χ1n) is 11.5. The number of methoxy groups -OCH3 is 1. The van der Waals surface area contributed by atoms with Crippen LogP contribution in [0.1, 0.15) is 19.3 Å². The van der Waals surface area contributed by atoms with E-state index in [0.717, 1.165) is 17.5 Å². The summed E-state index contributed by atoms with van der Waals surface area (Å²) < 4.78 is 37.9. The quantitative estimate of drug-likeness (QED) is 0.563. The number of likely N-dealkylation sites (tertiary alicyclic amines) is 1. The summed E-state index contributed by atoms with van der Waals surface area (Å²) in [4.78, 5) is 4.12. The van der Waals surface area contributed by atoms with Crippen LogP contribution < -0.4 is 14.4 Å². The fourth-order valence-electron chi connectivity index (χ4n) is 4.77. The second kappa shape index (κ2) is 10.0. The third-order valence-electron chi connectivity index (χ3n) is 6.88. The molecule has 2 aromatic carbocycles. The normalized spacial score (nSPS) is 25.2. The van der Waals surface area contributed by atoms with E-state index in [-0.39, 0.29) is 18.7 Å². The summed E-state index contributed by atoms with van der Waals surface area (Å²) in [5.41, 5.74) is -1.53. The van der Waals surface area contributed by atoms with Crippen LogP contribution in [0.3, 0.4) is 0 Å². The minimum atomic E-state index is -1.67. The van der Waals surface area contributed by atoms with Crippen molar-refractivity contribution >= 4 is 5.69 Å². The Morgan fingerprint density at radius 3 is 2.41 bits per heavy atom. The molecule has 2 heterocycles. The highest BCUT2D eigenvalue weighted by Crippen LogP contribution is 2.31. The van der Waals surface area contributed by atoms with E-state index in [2.05, 4.69) is 4.90 Å². The average Bonchev–Trinajstić information content (AvgIpc) is 2.83. The van der Waals surface area contributed by atoms with Crippen LogP contribution in [0.2, 0.25) is 0 Å². The molecule has 9 heteroatoms. The second-order valence-electron chi connectivity index (χ2n) is 9.37. The molecule has 0 aromatic heterocycles. The lowest BCUT2D eigenvalue weighted by atomic mass is 9.86. The minimum absolute atomic E-state index is 0.0512. The van der Waals surface area contributed by atoms with Crippen LogP contribution in [0.25, 0.3) is 0 Å². The smallest absolute Gasteiger partial charge is 0.200 e. The molecule has 2 saturated heterocycles. The van der Waals surface area contributed by atoms with E-state index in [1.165, 1.54) is 12.1 Å². The van der Waals surface area contributed by atoms with Crippen molar-refractivity contribution in [1.29, 1.82) is 0 Å². The monoisotopic (exact) mass is 478 g/mol. The maximum absolute atomic E-state index is 13.9. The van der Waals surface area contributed by atoms with Crippen LogP contribution in [-0.4, -0.2) is 84.0 Å². The highest BCUT2D eigenvalue weighted by Gasteiger charge is 2.44. The number of halogens is 2. The van der Waals surface area contributed by atoms with Gasteiger partial charge in [-0.15, -0.1) is 0 Å². The van der Waals surface area contributed by atoms with Gasteiger partial charge in [0, 0.05) is 38.4 Å². The summed E-state index contributed by atoms with van der Waals surface area (Å²) in [7, 11) is 1.63. The molecule has 0 bridgehead atoms. The van der Waals surface area contributed by atoms with E-state index in [1.807, 2.05) is 29.2 Å². The fraction of sp³-hybridized carbons (Fsp3) is 0.520. The summed E-state index contributed by atoms with van der Waals surface area (Å²) in [5.74, 6) is -1.70. The molecule has 2 atom stereocenters. The van der Waals surface area contributed by atoms with Gasteiger partial charge in [0.25, 0.3) is 0 Å². The van der Waals surface area contributed by atoms with Crippen LogP contribution in [0.15, 0.2) is 42.5 Å². The molecular weight excluding hydrogens is 446 g/mol. The van der Waals surface area contributed by atoms with Gasteiger partial charge < -0.3 is 29.7 Å². The van der Waals surface area contributed by atoms with Crippen molar-refractivity contribution in [3.63, 3.8) is 0 Å². The lowest BCUT2D eigenvalue weighted by Crippen LogP contribution is -2.62. The molecule has 0 radical (unpaired) electrons. The summed E-state index contributed by atoms with van der Waals surface area (Å²) in [5, 5.41) is 32.7. The molecule has 186 valence electrons. The summed E-state index contributed by atoms with van der Waals surface area (Å²) in [6.45, 7) is 1.87. The van der Waals surface area contributed by atoms with Gasteiger partial charge in [0.1, 0.15) is 18.0 Å². The number of benzene rings is 2. The van der Waals surface area contributed by atoms with Crippen LogP contribution in [0, 0.1) is 11.6 Å². The van der Waals surface area contributed by atoms with Gasteiger partial charge in [-0.05, 0) is 55.7 Å². The van der Waals surface area contributed by atoms with Crippen LogP contribution >= 0.6 is 0 Å². The Morgan fingerprint density at radius 1 is 1.03 bits per heavy atom. The number of rotatable bonds is 7. The van der Waals surface area contributed by atoms with E-state index in [9.17, 15) is 24.1 Å². The van der Waals surface area contributed by atoms with Crippen LogP contribution in [-0.2, 0) is 0 Å². The molecule has 2 aliphatic rings. The number of anilines is 1. The van der Waals surface area contributed by atoms with Gasteiger partial charge in [0.15, 0.2) is 11.6 Å². The number of ether oxygens (including phenoxy) is 2. The zero-order chi connectivity index (χ0) is 24.3. The first-order chi connectivity index (χ1) is 16.2. The van der Waals surface area contributed by atoms with Crippen LogP contribution in [0.5, 0.6) is 11.5 Å². The average molecular weight is 479 g/mol. The molecular formula is C25H32F2N2O5. The summed E-state index contributed by atoms with van der Waals surface area (Å²) in [6, 6.07) is 11.4. The van der Waals surface area contributed by atoms with Crippen molar-refractivity contribution in [1.82, 2.24) is 4.90 Å². The molecule has 34 heavy (non-hydrogen) atoms. The third-order valence-corrected chi connectivity index (χ3v) is 6.88. The maximum Gasteiger partial charge on any atom is 0.200 e. The SMILES string of the molecule is COc1ccc(N2CCC(O)(CN3CC[C@H](O)[C@@](O)(COc4cccc(F)c4F)C3)CC2)cc1. The van der Waals surface area contributed by atoms with E-state index >= 15 is 0 Å². The predicted octanol–water partition coefficient (Wildman–Crippen LogP) is 2.18. The maximum atomic E-state index is 13.9. The van der Waals surface area contributed by atoms with Crippen molar-refractivity contribution in [2.45, 2.75) is 36.6 Å². The molecule has 4 rings (SSSR count). The molecule has 2 aromatic rings. The zero-order valence-electron chi connectivity index (χ0n) is 19.3. The Balaban J connectivity index is 1.34. The highest BCUT2D eigenvalue weighted by atomic mass is 19.2. The number of aliphatic hydroxyl groups excluding tert-OH is 1. The number of aliphatic hydroxyl groups is 3. The largest absolute Gasteiger partial charge is 0.497 e. The molecule has 0 unspecified atom stereocenters. The van der Waals surface area contributed by atoms with Gasteiger partial charge in [0.05, 0.1) is 18.8 Å². The van der Waals surface area contributed by atoms with E-state index < -0.39 is 35.5 Å². The molecule has 0 amide bonds.